The van der Waals surface area contributed by atoms with Gasteiger partial charge in [0.05, 0.1) is 16.5 Å². The molecular formula is C23H27FN2O5S. The van der Waals surface area contributed by atoms with Crippen LogP contribution in [-0.2, 0) is 19.6 Å². The molecule has 0 aliphatic carbocycles. The Kier molecular flexibility index (Phi) is 7.63. The molecule has 0 unspecified atom stereocenters. The van der Waals surface area contributed by atoms with Gasteiger partial charge in [-0.15, -0.1) is 0 Å². The zero-order chi connectivity index (χ0) is 23.3. The first-order valence-electron chi connectivity index (χ1n) is 10.5. The van der Waals surface area contributed by atoms with Crippen LogP contribution < -0.4 is 5.32 Å². The van der Waals surface area contributed by atoms with Crippen molar-refractivity contribution in [2.45, 2.75) is 44.0 Å². The average molecular weight is 463 g/mol. The van der Waals surface area contributed by atoms with E-state index in [-0.39, 0.29) is 16.3 Å². The summed E-state index contributed by atoms with van der Waals surface area (Å²) < 4.78 is 45.4. The van der Waals surface area contributed by atoms with E-state index in [4.69, 9.17) is 4.74 Å². The Bertz CT molecular complexity index is 1080. The second-order valence-electron chi connectivity index (χ2n) is 7.86. The van der Waals surface area contributed by atoms with E-state index in [1.165, 1.54) is 28.6 Å². The van der Waals surface area contributed by atoms with Gasteiger partial charge in [-0.25, -0.2) is 17.6 Å². The molecule has 0 saturated carbocycles. The van der Waals surface area contributed by atoms with E-state index in [2.05, 4.69) is 5.32 Å². The van der Waals surface area contributed by atoms with Crippen LogP contribution in [0.2, 0.25) is 0 Å². The van der Waals surface area contributed by atoms with E-state index in [0.717, 1.165) is 19.3 Å². The number of aryl methyl sites for hydroxylation is 1. The van der Waals surface area contributed by atoms with Gasteiger partial charge in [0, 0.05) is 13.1 Å². The van der Waals surface area contributed by atoms with E-state index in [0.29, 0.717) is 24.2 Å². The lowest BCUT2D eigenvalue weighted by Gasteiger charge is -2.26. The van der Waals surface area contributed by atoms with Gasteiger partial charge in [-0.3, -0.25) is 4.79 Å². The summed E-state index contributed by atoms with van der Waals surface area (Å²) in [7, 11) is -3.70. The van der Waals surface area contributed by atoms with E-state index in [9.17, 15) is 22.4 Å². The van der Waals surface area contributed by atoms with E-state index in [1.807, 2.05) is 0 Å². The van der Waals surface area contributed by atoms with Crippen molar-refractivity contribution in [3.63, 3.8) is 0 Å². The first-order valence-corrected chi connectivity index (χ1v) is 12.0. The maximum Gasteiger partial charge on any atom is 0.338 e. The topological polar surface area (TPSA) is 92.8 Å². The lowest BCUT2D eigenvalue weighted by Crippen LogP contribution is -2.35. The number of benzene rings is 2. The van der Waals surface area contributed by atoms with Gasteiger partial charge >= 0.3 is 5.97 Å². The third kappa shape index (κ3) is 5.72. The number of halogens is 1. The number of hydrogen-bond acceptors (Lipinski definition) is 5. The highest BCUT2D eigenvalue weighted by atomic mass is 32.2. The Morgan fingerprint density at radius 3 is 2.41 bits per heavy atom. The Hall–Kier alpha value is -2.78. The minimum atomic E-state index is -3.70. The normalized spacial score (nSPS) is 15.7. The molecule has 0 bridgehead atoms. The monoisotopic (exact) mass is 462 g/mol. The number of esters is 1. The van der Waals surface area contributed by atoms with Crippen molar-refractivity contribution in [3.8, 4) is 0 Å². The molecule has 0 spiro atoms. The summed E-state index contributed by atoms with van der Waals surface area (Å²) in [6, 6.07) is 9.66. The lowest BCUT2D eigenvalue weighted by molar-refractivity contribution is -0.124. The fourth-order valence-electron chi connectivity index (χ4n) is 3.56. The van der Waals surface area contributed by atoms with Crippen LogP contribution in [-0.4, -0.2) is 44.3 Å². The molecule has 0 radical (unpaired) electrons. The molecule has 1 atom stereocenters. The minimum absolute atomic E-state index is 0.0336. The van der Waals surface area contributed by atoms with Gasteiger partial charge in [-0.2, -0.15) is 4.31 Å². The zero-order valence-electron chi connectivity index (χ0n) is 18.1. The number of carbonyl (C=O) groups excluding carboxylic acids is 2. The molecule has 0 aromatic heterocycles. The van der Waals surface area contributed by atoms with Crippen molar-refractivity contribution in [1.82, 2.24) is 9.62 Å². The molecule has 1 N–H and O–H groups in total. The first-order chi connectivity index (χ1) is 15.2. The van der Waals surface area contributed by atoms with Crippen LogP contribution in [0, 0.1) is 12.7 Å². The SMILES string of the molecule is Cc1ccc(S(=O)(=O)N2CCCCC2)cc1C(=O)OCC(=O)N[C@@H](C)c1ccc(F)cc1. The minimum Gasteiger partial charge on any atom is -0.452 e. The fourth-order valence-corrected chi connectivity index (χ4v) is 5.11. The second-order valence-corrected chi connectivity index (χ2v) is 9.80. The Morgan fingerprint density at radius 1 is 1.09 bits per heavy atom. The molecule has 1 aliphatic rings. The van der Waals surface area contributed by atoms with E-state index in [1.54, 1.807) is 32.0 Å². The van der Waals surface area contributed by atoms with Crippen molar-refractivity contribution in [3.05, 3.63) is 65.0 Å². The van der Waals surface area contributed by atoms with Gasteiger partial charge in [-0.05, 0) is 62.1 Å². The number of amides is 1. The van der Waals surface area contributed by atoms with Crippen LogP contribution in [0.15, 0.2) is 47.4 Å². The predicted molar refractivity (Wildman–Crippen MR) is 117 cm³/mol. The maximum atomic E-state index is 13.0. The van der Waals surface area contributed by atoms with Crippen LogP contribution in [0.1, 0.15) is 53.7 Å². The van der Waals surface area contributed by atoms with E-state index < -0.39 is 34.5 Å². The quantitative estimate of drug-likeness (QED) is 0.637. The zero-order valence-corrected chi connectivity index (χ0v) is 19.0. The molecule has 172 valence electrons. The first kappa shape index (κ1) is 23.9. The Morgan fingerprint density at radius 2 is 1.75 bits per heavy atom. The third-order valence-electron chi connectivity index (χ3n) is 5.46. The van der Waals surface area contributed by atoms with Crippen LogP contribution in [0.4, 0.5) is 4.39 Å². The van der Waals surface area contributed by atoms with Crippen LogP contribution in [0.3, 0.4) is 0 Å². The average Bonchev–Trinajstić information content (AvgIpc) is 2.78. The van der Waals surface area contributed by atoms with Gasteiger partial charge in [0.15, 0.2) is 6.61 Å². The lowest BCUT2D eigenvalue weighted by atomic mass is 10.1. The number of carbonyl (C=O) groups is 2. The molecule has 9 heteroatoms. The van der Waals surface area contributed by atoms with Crippen molar-refractivity contribution in [2.75, 3.05) is 19.7 Å². The third-order valence-corrected chi connectivity index (χ3v) is 7.36. The van der Waals surface area contributed by atoms with Crippen LogP contribution >= 0.6 is 0 Å². The molecule has 2 aromatic rings. The van der Waals surface area contributed by atoms with Crippen molar-refractivity contribution in [1.29, 1.82) is 0 Å². The number of ether oxygens (including phenoxy) is 1. The molecule has 1 saturated heterocycles. The Labute approximate surface area is 187 Å². The van der Waals surface area contributed by atoms with Crippen molar-refractivity contribution < 1.29 is 27.1 Å². The number of nitrogens with zero attached hydrogens (tertiary/aromatic N) is 1. The van der Waals surface area contributed by atoms with Gasteiger partial charge in [0.1, 0.15) is 5.82 Å². The Balaban J connectivity index is 1.64. The number of hydrogen-bond donors (Lipinski definition) is 1. The largest absolute Gasteiger partial charge is 0.452 e. The summed E-state index contributed by atoms with van der Waals surface area (Å²) in [5.41, 5.74) is 1.35. The number of piperidine rings is 1. The molecule has 3 rings (SSSR count). The summed E-state index contributed by atoms with van der Waals surface area (Å²) >= 11 is 0. The molecule has 7 nitrogen and oxygen atoms in total. The predicted octanol–water partition coefficient (Wildman–Crippen LogP) is 3.34. The molecule has 2 aromatic carbocycles. The standard InChI is InChI=1S/C23H27FN2O5S/c1-16-6-11-20(32(29,30)26-12-4-3-5-13-26)14-21(16)23(28)31-15-22(27)25-17(2)18-7-9-19(24)10-8-18/h6-11,14,17H,3-5,12-13,15H2,1-2H3,(H,25,27)/t17-/m0/s1. The highest BCUT2D eigenvalue weighted by Crippen LogP contribution is 2.23. The summed E-state index contributed by atoms with van der Waals surface area (Å²) in [4.78, 5) is 24.8. The van der Waals surface area contributed by atoms with Gasteiger partial charge in [0.2, 0.25) is 10.0 Å². The highest BCUT2D eigenvalue weighted by molar-refractivity contribution is 7.89. The molecule has 1 amide bonds. The smallest absolute Gasteiger partial charge is 0.338 e. The number of rotatable bonds is 7. The summed E-state index contributed by atoms with van der Waals surface area (Å²) in [6.07, 6.45) is 2.62. The fraction of sp³-hybridized carbons (Fsp3) is 0.391. The number of sulfonamides is 1. The molecular weight excluding hydrogens is 435 g/mol. The maximum absolute atomic E-state index is 13.0. The van der Waals surface area contributed by atoms with Gasteiger partial charge < -0.3 is 10.1 Å². The molecule has 1 aliphatic heterocycles. The summed E-state index contributed by atoms with van der Waals surface area (Å²) in [5.74, 6) is -1.67. The molecule has 1 fully saturated rings. The number of nitrogens with one attached hydrogen (secondary N) is 1. The molecule has 32 heavy (non-hydrogen) atoms. The molecule has 1 heterocycles. The van der Waals surface area contributed by atoms with Gasteiger partial charge in [0.25, 0.3) is 5.91 Å². The van der Waals surface area contributed by atoms with E-state index >= 15 is 0 Å². The highest BCUT2D eigenvalue weighted by Gasteiger charge is 2.27. The van der Waals surface area contributed by atoms with Crippen LogP contribution in [0.5, 0.6) is 0 Å². The summed E-state index contributed by atoms with van der Waals surface area (Å²) in [5, 5.41) is 2.67. The van der Waals surface area contributed by atoms with Crippen molar-refractivity contribution in [2.24, 2.45) is 0 Å². The van der Waals surface area contributed by atoms with Crippen molar-refractivity contribution >= 4 is 21.9 Å². The van der Waals surface area contributed by atoms with Gasteiger partial charge in [-0.1, -0.05) is 24.6 Å². The summed E-state index contributed by atoms with van der Waals surface area (Å²) in [6.45, 7) is 3.80. The second kappa shape index (κ2) is 10.2. The van der Waals surface area contributed by atoms with Crippen LogP contribution in [0.25, 0.3) is 0 Å².